The molecule has 6 nitrogen and oxygen atoms in total. The van der Waals surface area contributed by atoms with Crippen LogP contribution in [-0.4, -0.2) is 29.4 Å². The second-order valence-electron chi connectivity index (χ2n) is 8.90. The number of ether oxygens (including phenoxy) is 2. The summed E-state index contributed by atoms with van der Waals surface area (Å²) in [6, 6.07) is 10.6. The van der Waals surface area contributed by atoms with Crippen molar-refractivity contribution in [3.63, 3.8) is 0 Å². The number of alkyl halides is 3. The lowest BCUT2D eigenvalue weighted by atomic mass is 9.86. The summed E-state index contributed by atoms with van der Waals surface area (Å²) >= 11 is 0. The Hall–Kier alpha value is -3.82. The van der Waals surface area contributed by atoms with Crippen molar-refractivity contribution < 1.29 is 41.7 Å². The van der Waals surface area contributed by atoms with Gasteiger partial charge in [0.25, 0.3) is 5.91 Å². The Morgan fingerprint density at radius 2 is 1.66 bits per heavy atom. The van der Waals surface area contributed by atoms with Crippen LogP contribution >= 0.6 is 0 Å². The number of carboxylic acid groups (broad SMARTS) is 1. The molecule has 10 heteroatoms. The number of carboxylic acids is 1. The lowest BCUT2D eigenvalue weighted by Crippen LogP contribution is -2.49. The van der Waals surface area contributed by atoms with Crippen LogP contribution in [0.5, 0.6) is 11.5 Å². The van der Waals surface area contributed by atoms with E-state index in [9.17, 15) is 32.3 Å². The highest BCUT2D eigenvalue weighted by molar-refractivity contribution is 6.05. The molecule has 0 radical (unpaired) electrons. The van der Waals surface area contributed by atoms with E-state index in [1.165, 1.54) is 42.5 Å². The Bertz CT molecular complexity index is 1230. The van der Waals surface area contributed by atoms with E-state index in [4.69, 9.17) is 4.74 Å². The van der Waals surface area contributed by atoms with Gasteiger partial charge in [0.15, 0.2) is 0 Å². The number of halogens is 4. The van der Waals surface area contributed by atoms with Gasteiger partial charge in [-0.05, 0) is 52.8 Å². The number of amides is 1. The van der Waals surface area contributed by atoms with Gasteiger partial charge in [-0.2, -0.15) is 0 Å². The summed E-state index contributed by atoms with van der Waals surface area (Å²) in [4.78, 5) is 24.8. The average molecular weight is 493 g/mol. The van der Waals surface area contributed by atoms with E-state index in [2.05, 4.69) is 10.1 Å². The van der Waals surface area contributed by atoms with Crippen molar-refractivity contribution in [3.8, 4) is 11.5 Å². The Morgan fingerprint density at radius 1 is 1.00 bits per heavy atom. The fraction of sp³-hybridized carbons (Fsp3) is 0.280. The minimum Gasteiger partial charge on any atom is -0.487 e. The number of aliphatic carboxylic acids is 1. The number of hydrogen-bond acceptors (Lipinski definition) is 4. The SMILES string of the molecule is CC(C)(C)[C@@H](NC(=O)c1ccc2cc(F)ccc2c1OCc1ccc(OC(F)(F)F)cc1)C(=O)O. The second-order valence-corrected chi connectivity index (χ2v) is 8.90. The molecule has 0 unspecified atom stereocenters. The minimum atomic E-state index is -4.82. The minimum absolute atomic E-state index is 0.0247. The van der Waals surface area contributed by atoms with E-state index < -0.39 is 41.3 Å². The zero-order chi connectivity index (χ0) is 26.0. The van der Waals surface area contributed by atoms with Crippen LogP contribution in [0.15, 0.2) is 54.6 Å². The average Bonchev–Trinajstić information content (AvgIpc) is 2.74. The van der Waals surface area contributed by atoms with E-state index in [1.54, 1.807) is 20.8 Å². The molecule has 186 valence electrons. The fourth-order valence-electron chi connectivity index (χ4n) is 3.41. The molecule has 0 saturated carbocycles. The van der Waals surface area contributed by atoms with E-state index in [0.717, 1.165) is 12.1 Å². The Kier molecular flexibility index (Phi) is 7.23. The highest BCUT2D eigenvalue weighted by Gasteiger charge is 2.34. The zero-order valence-corrected chi connectivity index (χ0v) is 19.1. The van der Waals surface area contributed by atoms with Crippen molar-refractivity contribution in [2.45, 2.75) is 39.8 Å². The fourth-order valence-corrected chi connectivity index (χ4v) is 3.41. The van der Waals surface area contributed by atoms with Gasteiger partial charge >= 0.3 is 12.3 Å². The molecule has 0 aliphatic carbocycles. The van der Waals surface area contributed by atoms with Gasteiger partial charge in [-0.25, -0.2) is 9.18 Å². The molecular weight excluding hydrogens is 470 g/mol. The first-order chi connectivity index (χ1) is 16.2. The monoisotopic (exact) mass is 493 g/mol. The van der Waals surface area contributed by atoms with Crippen molar-refractivity contribution in [2.75, 3.05) is 0 Å². The van der Waals surface area contributed by atoms with Crippen LogP contribution in [-0.2, 0) is 11.4 Å². The largest absolute Gasteiger partial charge is 0.573 e. The van der Waals surface area contributed by atoms with Gasteiger partial charge in [-0.15, -0.1) is 13.2 Å². The van der Waals surface area contributed by atoms with Crippen LogP contribution in [0.2, 0.25) is 0 Å². The summed E-state index contributed by atoms with van der Waals surface area (Å²) in [5.41, 5.74) is -0.289. The third kappa shape index (κ3) is 6.62. The van der Waals surface area contributed by atoms with Crippen molar-refractivity contribution in [1.82, 2.24) is 5.32 Å². The molecule has 0 aliphatic heterocycles. The Labute approximate surface area is 198 Å². The summed E-state index contributed by atoms with van der Waals surface area (Å²) in [5, 5.41) is 12.9. The van der Waals surface area contributed by atoms with Gasteiger partial charge in [0.05, 0.1) is 5.56 Å². The van der Waals surface area contributed by atoms with Crippen molar-refractivity contribution in [1.29, 1.82) is 0 Å². The van der Waals surface area contributed by atoms with Gasteiger partial charge in [-0.3, -0.25) is 4.79 Å². The number of carbonyl (C=O) groups excluding carboxylic acids is 1. The van der Waals surface area contributed by atoms with Crippen LogP contribution in [0.1, 0.15) is 36.7 Å². The highest BCUT2D eigenvalue weighted by atomic mass is 19.4. The quantitative estimate of drug-likeness (QED) is 0.414. The third-order valence-corrected chi connectivity index (χ3v) is 5.11. The summed E-state index contributed by atoms with van der Waals surface area (Å²) in [6.45, 7) is 4.86. The van der Waals surface area contributed by atoms with Crippen LogP contribution in [0.3, 0.4) is 0 Å². The zero-order valence-electron chi connectivity index (χ0n) is 19.1. The number of rotatable bonds is 7. The smallest absolute Gasteiger partial charge is 0.487 e. The predicted octanol–water partition coefficient (Wildman–Crippen LogP) is 5.69. The summed E-state index contributed by atoms with van der Waals surface area (Å²) in [7, 11) is 0. The Balaban J connectivity index is 1.93. The molecule has 3 aromatic carbocycles. The maximum Gasteiger partial charge on any atom is 0.573 e. The van der Waals surface area contributed by atoms with E-state index in [1.807, 2.05) is 0 Å². The van der Waals surface area contributed by atoms with Crippen LogP contribution in [0.4, 0.5) is 17.6 Å². The highest BCUT2D eigenvalue weighted by Crippen LogP contribution is 2.32. The maximum atomic E-state index is 13.7. The van der Waals surface area contributed by atoms with Gasteiger partial charge in [0.1, 0.15) is 30.0 Å². The van der Waals surface area contributed by atoms with Crippen LogP contribution in [0, 0.1) is 11.2 Å². The Morgan fingerprint density at radius 3 is 2.23 bits per heavy atom. The molecule has 0 spiro atoms. The molecule has 0 heterocycles. The van der Waals surface area contributed by atoms with Crippen LogP contribution in [0.25, 0.3) is 10.8 Å². The van der Waals surface area contributed by atoms with E-state index >= 15 is 0 Å². The molecule has 0 bridgehead atoms. The molecule has 0 saturated heterocycles. The number of nitrogens with one attached hydrogen (secondary N) is 1. The molecule has 0 aromatic heterocycles. The van der Waals surface area contributed by atoms with Gasteiger partial charge < -0.3 is 19.9 Å². The van der Waals surface area contributed by atoms with E-state index in [0.29, 0.717) is 16.3 Å². The molecule has 1 atom stereocenters. The second kappa shape index (κ2) is 9.81. The molecule has 2 N–H and O–H groups in total. The summed E-state index contributed by atoms with van der Waals surface area (Å²) in [5.74, 6) is -2.74. The van der Waals surface area contributed by atoms with Gasteiger partial charge in [-0.1, -0.05) is 39.0 Å². The van der Waals surface area contributed by atoms with Gasteiger partial charge in [0, 0.05) is 5.39 Å². The standard InChI is InChI=1S/C25H23F4NO5/c1-24(2,3)21(23(32)33)30-22(31)19-10-6-15-12-16(26)7-11-18(15)20(19)34-13-14-4-8-17(9-5-14)35-25(27,28)29/h4-12,21H,13H2,1-3H3,(H,30,31)(H,32,33)/t21-/m0/s1. The number of carbonyl (C=O) groups is 2. The van der Waals surface area contributed by atoms with Crippen molar-refractivity contribution >= 4 is 22.6 Å². The first kappa shape index (κ1) is 25.8. The van der Waals surface area contributed by atoms with Crippen molar-refractivity contribution in [2.24, 2.45) is 5.41 Å². The molecule has 0 fully saturated rings. The predicted molar refractivity (Wildman–Crippen MR) is 120 cm³/mol. The van der Waals surface area contributed by atoms with Gasteiger partial charge in [0.2, 0.25) is 0 Å². The number of benzene rings is 3. The number of fused-ring (bicyclic) bond motifs is 1. The van der Waals surface area contributed by atoms with Crippen LogP contribution < -0.4 is 14.8 Å². The molecule has 3 rings (SSSR count). The lowest BCUT2D eigenvalue weighted by Gasteiger charge is -2.28. The molecule has 0 aliphatic rings. The molecule has 3 aromatic rings. The number of hydrogen-bond donors (Lipinski definition) is 2. The van der Waals surface area contributed by atoms with E-state index in [-0.39, 0.29) is 17.9 Å². The maximum absolute atomic E-state index is 13.7. The lowest BCUT2D eigenvalue weighted by molar-refractivity contribution is -0.274. The molecular formula is C25H23F4NO5. The molecule has 1 amide bonds. The summed E-state index contributed by atoms with van der Waals surface area (Å²) in [6.07, 6.45) is -4.82. The van der Waals surface area contributed by atoms with Crippen molar-refractivity contribution in [3.05, 3.63) is 71.5 Å². The normalized spacial score (nSPS) is 12.8. The third-order valence-electron chi connectivity index (χ3n) is 5.11. The first-order valence-corrected chi connectivity index (χ1v) is 10.5. The molecule has 35 heavy (non-hydrogen) atoms. The topological polar surface area (TPSA) is 84.9 Å². The first-order valence-electron chi connectivity index (χ1n) is 10.5. The summed E-state index contributed by atoms with van der Waals surface area (Å²) < 4.78 is 60.6.